The van der Waals surface area contributed by atoms with Crippen LogP contribution in [0.5, 0.6) is 0 Å². The van der Waals surface area contributed by atoms with E-state index < -0.39 is 12.0 Å². The molecule has 1 aliphatic carbocycles. The second-order valence-electron chi connectivity index (χ2n) is 3.26. The molecule has 2 atom stereocenters. The number of rotatable bonds is 4. The molecule has 1 aliphatic rings. The molecule has 2 N–H and O–H groups in total. The van der Waals surface area contributed by atoms with E-state index in [1.807, 2.05) is 6.92 Å². The van der Waals surface area contributed by atoms with Crippen molar-refractivity contribution in [2.75, 3.05) is 0 Å². The van der Waals surface area contributed by atoms with Gasteiger partial charge in [0.05, 0.1) is 0 Å². The third-order valence-corrected chi connectivity index (χ3v) is 2.23. The number of nitrogens with one attached hydrogen (secondary N) is 1. The highest BCUT2D eigenvalue weighted by atomic mass is 16.4. The zero-order valence-electron chi connectivity index (χ0n) is 7.84. The summed E-state index contributed by atoms with van der Waals surface area (Å²) >= 11 is 0. The van der Waals surface area contributed by atoms with Gasteiger partial charge in [-0.3, -0.25) is 4.79 Å². The maximum atomic E-state index is 10.7. The van der Waals surface area contributed by atoms with Gasteiger partial charge in [-0.15, -0.1) is 11.8 Å². The van der Waals surface area contributed by atoms with Crippen molar-refractivity contribution in [3.63, 3.8) is 0 Å². The van der Waals surface area contributed by atoms with Gasteiger partial charge in [-0.05, 0) is 12.8 Å². The van der Waals surface area contributed by atoms with Gasteiger partial charge < -0.3 is 10.4 Å². The average Bonchev–Trinajstić information content (AvgIpc) is 2.15. The summed E-state index contributed by atoms with van der Waals surface area (Å²) < 4.78 is 0. The van der Waals surface area contributed by atoms with Crippen LogP contribution < -0.4 is 5.32 Å². The van der Waals surface area contributed by atoms with E-state index >= 15 is 0 Å². The van der Waals surface area contributed by atoms with Crippen molar-refractivity contribution in [3.8, 4) is 11.8 Å². The van der Waals surface area contributed by atoms with Crippen molar-refractivity contribution in [1.82, 2.24) is 5.32 Å². The first-order valence-electron chi connectivity index (χ1n) is 4.68. The van der Waals surface area contributed by atoms with Crippen LogP contribution in [0.3, 0.4) is 0 Å². The molecule has 0 bridgehead atoms. The summed E-state index contributed by atoms with van der Waals surface area (Å²) in [6.45, 7) is 1.88. The topological polar surface area (TPSA) is 49.3 Å². The zero-order chi connectivity index (χ0) is 9.68. The molecule has 3 heteroatoms. The van der Waals surface area contributed by atoms with Crippen molar-refractivity contribution in [1.29, 1.82) is 0 Å². The fourth-order valence-corrected chi connectivity index (χ4v) is 1.42. The van der Waals surface area contributed by atoms with Crippen LogP contribution in [0.2, 0.25) is 0 Å². The molecule has 72 valence electrons. The molecule has 0 aromatic rings. The third kappa shape index (κ3) is 3.08. The van der Waals surface area contributed by atoms with E-state index in [9.17, 15) is 4.79 Å². The van der Waals surface area contributed by atoms with Crippen molar-refractivity contribution in [2.24, 2.45) is 0 Å². The largest absolute Gasteiger partial charge is 0.480 e. The minimum Gasteiger partial charge on any atom is -0.480 e. The predicted molar refractivity (Wildman–Crippen MR) is 50.3 cm³/mol. The Bertz CT molecular complexity index is 239. The Labute approximate surface area is 78.5 Å². The molecule has 0 fully saturated rings. The molecule has 0 radical (unpaired) electrons. The summed E-state index contributed by atoms with van der Waals surface area (Å²) in [5, 5.41) is 11.9. The number of aliphatic carboxylic acids is 1. The maximum Gasteiger partial charge on any atom is 0.320 e. The van der Waals surface area contributed by atoms with Crippen LogP contribution in [0.15, 0.2) is 0 Å². The molecule has 0 aliphatic heterocycles. The van der Waals surface area contributed by atoms with Gasteiger partial charge in [0.15, 0.2) is 0 Å². The van der Waals surface area contributed by atoms with Crippen molar-refractivity contribution in [2.45, 2.75) is 44.7 Å². The normalized spacial score (nSPS) is 23.0. The quantitative estimate of drug-likeness (QED) is 0.636. The van der Waals surface area contributed by atoms with E-state index in [-0.39, 0.29) is 6.04 Å². The van der Waals surface area contributed by atoms with Gasteiger partial charge >= 0.3 is 5.97 Å². The molecule has 0 heterocycles. The number of carboxylic acids is 1. The molecule has 3 nitrogen and oxygen atoms in total. The lowest BCUT2D eigenvalue weighted by Gasteiger charge is -2.21. The Hall–Kier alpha value is -1.01. The van der Waals surface area contributed by atoms with Gasteiger partial charge in [-0.25, -0.2) is 0 Å². The first kappa shape index (κ1) is 10.1. The van der Waals surface area contributed by atoms with E-state index in [2.05, 4.69) is 17.2 Å². The van der Waals surface area contributed by atoms with Gasteiger partial charge in [0.2, 0.25) is 0 Å². The highest BCUT2D eigenvalue weighted by molar-refractivity contribution is 5.73. The molecular weight excluding hydrogens is 166 g/mol. The highest BCUT2D eigenvalue weighted by Crippen LogP contribution is 2.07. The van der Waals surface area contributed by atoms with Crippen molar-refractivity contribution >= 4 is 5.97 Å². The Morgan fingerprint density at radius 1 is 1.69 bits per heavy atom. The van der Waals surface area contributed by atoms with Crippen LogP contribution in [0, 0.1) is 11.8 Å². The lowest BCUT2D eigenvalue weighted by Crippen LogP contribution is -2.43. The van der Waals surface area contributed by atoms with Crippen LogP contribution in [0.25, 0.3) is 0 Å². The van der Waals surface area contributed by atoms with Crippen molar-refractivity contribution in [3.05, 3.63) is 0 Å². The molecule has 0 saturated carbocycles. The molecule has 0 saturated heterocycles. The Morgan fingerprint density at radius 2 is 2.46 bits per heavy atom. The maximum absolute atomic E-state index is 10.7. The number of carbonyl (C=O) groups is 1. The fourth-order valence-electron chi connectivity index (χ4n) is 1.42. The summed E-state index contributed by atoms with van der Waals surface area (Å²) in [7, 11) is 0. The predicted octanol–water partition coefficient (Wildman–Crippen LogP) is 0.995. The van der Waals surface area contributed by atoms with Crippen LogP contribution >= 0.6 is 0 Å². The molecule has 0 aromatic heterocycles. The van der Waals surface area contributed by atoms with Crippen LogP contribution in [0.4, 0.5) is 0 Å². The lowest BCUT2D eigenvalue weighted by molar-refractivity contribution is -0.139. The fraction of sp³-hybridized carbons (Fsp3) is 0.700. The summed E-state index contributed by atoms with van der Waals surface area (Å²) in [5.74, 6) is 5.23. The second-order valence-corrected chi connectivity index (χ2v) is 3.26. The van der Waals surface area contributed by atoms with Crippen LogP contribution in [-0.2, 0) is 4.79 Å². The monoisotopic (exact) mass is 181 g/mol. The molecule has 0 spiro atoms. The lowest BCUT2D eigenvalue weighted by atomic mass is 10.0. The molecular formula is C10H15NO2. The molecule has 13 heavy (non-hydrogen) atoms. The van der Waals surface area contributed by atoms with E-state index in [1.165, 1.54) is 0 Å². The van der Waals surface area contributed by atoms with Gasteiger partial charge in [0, 0.05) is 18.9 Å². The first-order valence-corrected chi connectivity index (χ1v) is 4.68. The highest BCUT2D eigenvalue weighted by Gasteiger charge is 2.19. The number of carboxylic acid groups (broad SMARTS) is 1. The van der Waals surface area contributed by atoms with Gasteiger partial charge in [0.1, 0.15) is 6.04 Å². The summed E-state index contributed by atoms with van der Waals surface area (Å²) in [6.07, 6.45) is 3.26. The van der Waals surface area contributed by atoms with Crippen LogP contribution in [-0.4, -0.2) is 23.2 Å². The molecule has 0 amide bonds. The van der Waals surface area contributed by atoms with E-state index in [4.69, 9.17) is 5.11 Å². The van der Waals surface area contributed by atoms with Gasteiger partial charge in [-0.1, -0.05) is 6.92 Å². The van der Waals surface area contributed by atoms with Crippen LogP contribution in [0.1, 0.15) is 32.6 Å². The first-order chi connectivity index (χ1) is 6.24. The minimum atomic E-state index is -0.763. The van der Waals surface area contributed by atoms with E-state index in [0.29, 0.717) is 6.42 Å². The molecule has 1 rings (SSSR count). The average molecular weight is 181 g/mol. The van der Waals surface area contributed by atoms with Gasteiger partial charge in [0.25, 0.3) is 0 Å². The number of hydrogen-bond donors (Lipinski definition) is 2. The zero-order valence-corrected chi connectivity index (χ0v) is 7.84. The smallest absolute Gasteiger partial charge is 0.320 e. The summed E-state index contributed by atoms with van der Waals surface area (Å²) in [6, 6.07) is -0.146. The van der Waals surface area contributed by atoms with Gasteiger partial charge in [-0.2, -0.15) is 0 Å². The van der Waals surface area contributed by atoms with Crippen molar-refractivity contribution < 1.29 is 9.90 Å². The Kier molecular flexibility index (Phi) is 3.78. The van der Waals surface area contributed by atoms with E-state index in [0.717, 1.165) is 19.3 Å². The molecule has 2 unspecified atom stereocenters. The second kappa shape index (κ2) is 4.88. The number of hydrogen-bond acceptors (Lipinski definition) is 2. The molecule has 0 aromatic carbocycles. The Balaban J connectivity index is 2.38. The third-order valence-electron chi connectivity index (χ3n) is 2.23. The Morgan fingerprint density at radius 3 is 2.92 bits per heavy atom. The minimum absolute atomic E-state index is 0.266. The standard InChI is InChI=1S/C10H15NO2/c1-2-9(10(12)13)11-8-6-4-3-5-7-8/h8-9,11H,2,4,6-7H2,1H3,(H,12,13). The van der Waals surface area contributed by atoms with E-state index in [1.54, 1.807) is 0 Å². The summed E-state index contributed by atoms with van der Waals surface area (Å²) in [4.78, 5) is 10.7. The SMILES string of the molecule is CCC(NC1CC#CCC1)C(=O)O. The summed E-state index contributed by atoms with van der Waals surface area (Å²) in [5.41, 5.74) is 0.